The van der Waals surface area contributed by atoms with Gasteiger partial charge in [0.2, 0.25) is 11.8 Å². The molecule has 2 fully saturated rings. The van der Waals surface area contributed by atoms with Gasteiger partial charge in [-0.05, 0) is 61.9 Å². The molecule has 3 amide bonds. The Morgan fingerprint density at radius 3 is 2.59 bits per heavy atom. The second-order valence-electron chi connectivity index (χ2n) is 8.07. The number of hydrogen-bond donors (Lipinski definition) is 1. The summed E-state index contributed by atoms with van der Waals surface area (Å²) in [6, 6.07) is 12.0. The quantitative estimate of drug-likeness (QED) is 0.737. The monoisotopic (exact) mass is 410 g/mol. The van der Waals surface area contributed by atoms with Crippen LogP contribution in [0, 0.1) is 24.7 Å². The molecule has 2 aromatic rings. The van der Waals surface area contributed by atoms with E-state index < -0.39 is 0 Å². The lowest BCUT2D eigenvalue weighted by Gasteiger charge is -2.25. The minimum absolute atomic E-state index is 0.189. The Labute approximate surface area is 175 Å². The van der Waals surface area contributed by atoms with E-state index in [9.17, 15) is 14.4 Å². The minimum Gasteiger partial charge on any atom is -0.322 e. The number of halogens is 1. The highest BCUT2D eigenvalue weighted by molar-refractivity contribution is 6.31. The van der Waals surface area contributed by atoms with Crippen LogP contribution in [0.2, 0.25) is 5.02 Å². The summed E-state index contributed by atoms with van der Waals surface area (Å²) in [5, 5.41) is 3.37. The molecule has 5 nitrogen and oxygen atoms in total. The summed E-state index contributed by atoms with van der Waals surface area (Å²) < 4.78 is 0. The Bertz CT molecular complexity index is 1000. The van der Waals surface area contributed by atoms with Crippen molar-refractivity contribution in [3.8, 4) is 0 Å². The van der Waals surface area contributed by atoms with E-state index in [1.165, 1.54) is 4.90 Å². The Hall–Kier alpha value is -2.66. The maximum atomic E-state index is 13.1. The van der Waals surface area contributed by atoms with Gasteiger partial charge in [0, 0.05) is 10.7 Å². The zero-order valence-corrected chi connectivity index (χ0v) is 17.2. The number of imide groups is 1. The fraction of sp³-hybridized carbons (Fsp3) is 0.348. The summed E-state index contributed by atoms with van der Waals surface area (Å²) in [6.07, 6.45) is 2.40. The van der Waals surface area contributed by atoms with E-state index in [1.807, 2.05) is 13.0 Å². The van der Waals surface area contributed by atoms with Gasteiger partial charge in [-0.2, -0.15) is 0 Å². The van der Waals surface area contributed by atoms with Crippen LogP contribution in [0.15, 0.2) is 42.5 Å². The number of amides is 3. The Morgan fingerprint density at radius 1 is 1.07 bits per heavy atom. The maximum absolute atomic E-state index is 13.1. The fourth-order valence-corrected chi connectivity index (χ4v) is 4.58. The van der Waals surface area contributed by atoms with Gasteiger partial charge in [-0.15, -0.1) is 0 Å². The lowest BCUT2D eigenvalue weighted by atomic mass is 9.76. The lowest BCUT2D eigenvalue weighted by Crippen LogP contribution is -2.33. The van der Waals surface area contributed by atoms with Crippen LogP contribution < -0.4 is 10.2 Å². The van der Waals surface area contributed by atoms with Crippen LogP contribution in [0.4, 0.5) is 11.4 Å². The third kappa shape index (κ3) is 3.55. The molecule has 1 aliphatic heterocycles. The van der Waals surface area contributed by atoms with Crippen molar-refractivity contribution in [3.05, 3.63) is 58.6 Å². The fourth-order valence-electron chi connectivity index (χ4n) is 4.41. The minimum atomic E-state index is -0.380. The molecule has 0 bridgehead atoms. The highest BCUT2D eigenvalue weighted by Crippen LogP contribution is 2.42. The molecule has 1 saturated heterocycles. The molecular weight excluding hydrogens is 388 g/mol. The van der Waals surface area contributed by atoms with E-state index in [4.69, 9.17) is 11.6 Å². The van der Waals surface area contributed by atoms with Crippen molar-refractivity contribution in [2.75, 3.05) is 10.2 Å². The Balaban J connectivity index is 1.67. The molecule has 2 aliphatic rings. The summed E-state index contributed by atoms with van der Waals surface area (Å²) in [7, 11) is 0. The normalized spacial score (nSPS) is 23.8. The van der Waals surface area contributed by atoms with E-state index in [2.05, 4.69) is 12.2 Å². The number of anilines is 2. The van der Waals surface area contributed by atoms with E-state index in [-0.39, 0.29) is 29.6 Å². The van der Waals surface area contributed by atoms with Crippen molar-refractivity contribution in [2.24, 2.45) is 17.8 Å². The van der Waals surface area contributed by atoms with Crippen LogP contribution in [-0.4, -0.2) is 17.7 Å². The van der Waals surface area contributed by atoms with Crippen molar-refractivity contribution in [1.82, 2.24) is 0 Å². The number of aryl methyl sites for hydroxylation is 1. The molecule has 0 radical (unpaired) electrons. The number of nitrogens with zero attached hydrogens (tertiary/aromatic N) is 1. The number of nitrogens with one attached hydrogen (secondary N) is 1. The third-order valence-electron chi connectivity index (χ3n) is 6.03. The number of carbonyl (C=O) groups excluding carboxylic acids is 3. The van der Waals surface area contributed by atoms with Crippen LogP contribution in [-0.2, 0) is 9.59 Å². The van der Waals surface area contributed by atoms with Gasteiger partial charge in [0.25, 0.3) is 5.91 Å². The highest BCUT2D eigenvalue weighted by Gasteiger charge is 2.50. The van der Waals surface area contributed by atoms with E-state index in [0.717, 1.165) is 24.8 Å². The van der Waals surface area contributed by atoms with Crippen LogP contribution in [0.25, 0.3) is 0 Å². The van der Waals surface area contributed by atoms with Crippen LogP contribution >= 0.6 is 11.6 Å². The SMILES string of the molecule is Cc1ccc(Cl)cc1NC(=O)c1ccccc1N1C(=O)[C@@H]2CC[C@@H](C)C[C@H]2C1=O. The number of para-hydroxylation sites is 1. The first kappa shape index (κ1) is 19.6. The summed E-state index contributed by atoms with van der Waals surface area (Å²) in [5.74, 6) is -0.883. The molecule has 0 aromatic heterocycles. The van der Waals surface area contributed by atoms with Gasteiger partial charge in [0.15, 0.2) is 0 Å². The molecule has 1 heterocycles. The van der Waals surface area contributed by atoms with Crippen molar-refractivity contribution < 1.29 is 14.4 Å². The Morgan fingerprint density at radius 2 is 1.79 bits per heavy atom. The molecule has 4 rings (SSSR count). The van der Waals surface area contributed by atoms with Crippen molar-refractivity contribution in [3.63, 3.8) is 0 Å². The van der Waals surface area contributed by atoms with Crippen molar-refractivity contribution in [1.29, 1.82) is 0 Å². The summed E-state index contributed by atoms with van der Waals surface area (Å²) in [4.78, 5) is 40.4. The molecule has 0 spiro atoms. The van der Waals surface area contributed by atoms with E-state index >= 15 is 0 Å². The largest absolute Gasteiger partial charge is 0.322 e. The number of fused-ring (bicyclic) bond motifs is 1. The van der Waals surface area contributed by atoms with Gasteiger partial charge in [0.1, 0.15) is 0 Å². The van der Waals surface area contributed by atoms with Crippen LogP contribution in [0.1, 0.15) is 42.1 Å². The Kier molecular flexibility index (Phi) is 5.17. The average molecular weight is 411 g/mol. The summed E-state index contributed by atoms with van der Waals surface area (Å²) >= 11 is 6.05. The molecule has 1 N–H and O–H groups in total. The standard InChI is InChI=1S/C23H23ClN2O3/c1-13-7-10-16-18(11-13)23(29)26(22(16)28)20-6-4-3-5-17(20)21(27)25-19-12-15(24)9-8-14(19)2/h3-6,8-9,12-13,16,18H,7,10-11H2,1-2H3,(H,25,27)/t13-,16-,18-/m1/s1. The number of carbonyl (C=O) groups is 3. The van der Waals surface area contributed by atoms with Crippen LogP contribution in [0.5, 0.6) is 0 Å². The molecule has 6 heteroatoms. The smallest absolute Gasteiger partial charge is 0.257 e. The van der Waals surface area contributed by atoms with E-state index in [1.54, 1.807) is 36.4 Å². The lowest BCUT2D eigenvalue weighted by molar-refractivity contribution is -0.122. The number of benzene rings is 2. The molecule has 2 aromatic carbocycles. The predicted molar refractivity (Wildman–Crippen MR) is 113 cm³/mol. The van der Waals surface area contributed by atoms with Gasteiger partial charge in [-0.25, -0.2) is 4.90 Å². The molecule has 1 saturated carbocycles. The molecule has 1 aliphatic carbocycles. The van der Waals surface area contributed by atoms with Crippen LogP contribution in [0.3, 0.4) is 0 Å². The average Bonchev–Trinajstić information content (AvgIpc) is 2.94. The molecule has 150 valence electrons. The zero-order chi connectivity index (χ0) is 20.7. The first-order valence-electron chi connectivity index (χ1n) is 9.91. The molecule has 0 unspecified atom stereocenters. The van der Waals surface area contributed by atoms with Gasteiger partial charge in [-0.3, -0.25) is 14.4 Å². The third-order valence-corrected chi connectivity index (χ3v) is 6.26. The topological polar surface area (TPSA) is 66.5 Å². The van der Waals surface area contributed by atoms with Gasteiger partial charge in [0.05, 0.1) is 23.1 Å². The maximum Gasteiger partial charge on any atom is 0.257 e. The van der Waals surface area contributed by atoms with Gasteiger partial charge in [-0.1, -0.05) is 36.7 Å². The second kappa shape index (κ2) is 7.64. The predicted octanol–water partition coefficient (Wildman–Crippen LogP) is 4.83. The number of rotatable bonds is 3. The summed E-state index contributed by atoms with van der Waals surface area (Å²) in [6.45, 7) is 3.99. The summed E-state index contributed by atoms with van der Waals surface area (Å²) in [5.41, 5.74) is 2.11. The van der Waals surface area contributed by atoms with Gasteiger partial charge >= 0.3 is 0 Å². The first-order chi connectivity index (χ1) is 13.9. The zero-order valence-electron chi connectivity index (χ0n) is 16.4. The first-order valence-corrected chi connectivity index (χ1v) is 10.3. The van der Waals surface area contributed by atoms with Gasteiger partial charge < -0.3 is 5.32 Å². The highest BCUT2D eigenvalue weighted by atomic mass is 35.5. The van der Waals surface area contributed by atoms with Crippen molar-refractivity contribution in [2.45, 2.75) is 33.1 Å². The molecule has 3 atom stereocenters. The molecule has 29 heavy (non-hydrogen) atoms. The van der Waals surface area contributed by atoms with Crippen molar-refractivity contribution >= 4 is 40.7 Å². The van der Waals surface area contributed by atoms with E-state index in [0.29, 0.717) is 27.9 Å². The molecular formula is C23H23ClN2O3. The number of hydrogen-bond acceptors (Lipinski definition) is 3. The second-order valence-corrected chi connectivity index (χ2v) is 8.51.